The minimum atomic E-state index is -4.11. The molecule has 10 heteroatoms. The number of halogens is 5. The van der Waals surface area contributed by atoms with Gasteiger partial charge in [0.2, 0.25) is 0 Å². The molecule has 1 heterocycles. The van der Waals surface area contributed by atoms with Crippen LogP contribution in [0.4, 0.5) is 13.2 Å². The second-order valence-electron chi connectivity index (χ2n) is 3.83. The topological polar surface area (TPSA) is 57.0 Å². The van der Waals surface area contributed by atoms with E-state index in [0.29, 0.717) is 18.0 Å². The Bertz CT molecular complexity index is 643. The summed E-state index contributed by atoms with van der Waals surface area (Å²) in [6.45, 7) is 0. The Kier molecular flexibility index (Phi) is 4.42. The summed E-state index contributed by atoms with van der Waals surface area (Å²) in [5.41, 5.74) is 0.423. The van der Waals surface area contributed by atoms with Gasteiger partial charge in [-0.25, -0.2) is 4.39 Å². The van der Waals surface area contributed by atoms with E-state index in [2.05, 4.69) is 10.3 Å². The number of carbonyl (C=O) groups is 1. The van der Waals surface area contributed by atoms with Crippen LogP contribution >= 0.6 is 34.2 Å². The fraction of sp³-hybridized carbons (Fsp3) is 0.182. The van der Waals surface area contributed by atoms with E-state index >= 15 is 0 Å². The van der Waals surface area contributed by atoms with Crippen molar-refractivity contribution in [3.63, 3.8) is 0 Å². The predicted molar refractivity (Wildman–Crippen MR) is 75.8 cm³/mol. The van der Waals surface area contributed by atoms with Crippen molar-refractivity contribution in [2.24, 2.45) is 0 Å². The molecule has 1 aromatic heterocycles. The summed E-state index contributed by atoms with van der Waals surface area (Å²) >= 11 is 5.72. The van der Waals surface area contributed by atoms with Gasteiger partial charge in [-0.15, -0.1) is 0 Å². The van der Waals surface area contributed by atoms with Gasteiger partial charge in [0.05, 0.1) is 6.20 Å². The number of ether oxygens (including phenoxy) is 1. The molecule has 21 heavy (non-hydrogen) atoms. The van der Waals surface area contributed by atoms with Crippen LogP contribution in [0.3, 0.4) is 0 Å². The maximum atomic E-state index is 13.6. The lowest BCUT2D eigenvalue weighted by Crippen LogP contribution is -2.37. The predicted octanol–water partition coefficient (Wildman–Crippen LogP) is 3.73. The first-order chi connectivity index (χ1) is 9.74. The minimum Gasteiger partial charge on any atom is -0.436 e. The summed E-state index contributed by atoms with van der Waals surface area (Å²) in [5.74, 6) is -0.0198. The van der Waals surface area contributed by atoms with Gasteiger partial charge in [0.15, 0.2) is 0 Å². The standard InChI is InChI=1S/C11H6ClF3IN3O2/c12-10(13,16)11(14,15)19-5-9(17-18-19)21-8-3-1-7(6-20)2-4-8/h1-6H/t10-/m1/s1. The van der Waals surface area contributed by atoms with E-state index in [4.69, 9.17) is 16.3 Å². The molecule has 2 rings (SSSR count). The lowest BCUT2D eigenvalue weighted by Gasteiger charge is -2.21. The number of nitrogens with zero attached hydrogens (tertiary/aromatic N) is 3. The maximum Gasteiger partial charge on any atom is 0.402 e. The second-order valence-corrected chi connectivity index (χ2v) is 6.47. The van der Waals surface area contributed by atoms with Gasteiger partial charge >= 0.3 is 9.18 Å². The fourth-order valence-corrected chi connectivity index (χ4v) is 1.63. The van der Waals surface area contributed by atoms with Crippen LogP contribution < -0.4 is 4.74 Å². The summed E-state index contributed by atoms with van der Waals surface area (Å²) in [4.78, 5) is 10.5. The van der Waals surface area contributed by atoms with Crippen LogP contribution in [0, 0.1) is 0 Å². The Labute approximate surface area is 135 Å². The Balaban J connectivity index is 2.18. The average molecular weight is 432 g/mol. The molecular formula is C11H6ClF3IN3O2. The third-order valence-electron chi connectivity index (χ3n) is 2.34. The minimum absolute atomic E-state index is 0.0262. The van der Waals surface area contributed by atoms with Crippen LogP contribution in [0.1, 0.15) is 10.4 Å². The molecule has 0 radical (unpaired) electrons. The van der Waals surface area contributed by atoms with Crippen LogP contribution in [0.25, 0.3) is 0 Å². The first kappa shape index (κ1) is 16.0. The summed E-state index contributed by atoms with van der Waals surface area (Å²) in [6.07, 6.45) is 1.35. The van der Waals surface area contributed by atoms with Gasteiger partial charge in [-0.05, 0) is 46.9 Å². The molecule has 0 amide bonds. The number of aromatic nitrogens is 3. The van der Waals surface area contributed by atoms with Crippen molar-refractivity contribution in [2.45, 2.75) is 9.18 Å². The average Bonchev–Trinajstić information content (AvgIpc) is 2.87. The summed E-state index contributed by atoms with van der Waals surface area (Å²) in [7, 11) is 0. The third kappa shape index (κ3) is 3.46. The molecule has 5 nitrogen and oxygen atoms in total. The second kappa shape index (κ2) is 5.79. The molecular weight excluding hydrogens is 425 g/mol. The number of carbonyl (C=O) groups excluding carboxylic acids is 1. The zero-order valence-corrected chi connectivity index (χ0v) is 12.9. The number of rotatable bonds is 5. The van der Waals surface area contributed by atoms with E-state index in [9.17, 15) is 18.0 Å². The van der Waals surface area contributed by atoms with Gasteiger partial charge < -0.3 is 4.74 Å². The Morgan fingerprint density at radius 2 is 1.90 bits per heavy atom. The van der Waals surface area contributed by atoms with Crippen LogP contribution in [0.5, 0.6) is 11.6 Å². The van der Waals surface area contributed by atoms with Crippen molar-refractivity contribution in [3.05, 3.63) is 36.0 Å². The van der Waals surface area contributed by atoms with Gasteiger partial charge in [0.25, 0.3) is 5.88 Å². The molecule has 2 aromatic rings. The van der Waals surface area contributed by atoms with Crippen molar-refractivity contribution in [2.75, 3.05) is 0 Å². The molecule has 1 atom stereocenters. The van der Waals surface area contributed by atoms with E-state index in [0.717, 1.165) is 22.6 Å². The Morgan fingerprint density at radius 3 is 2.43 bits per heavy atom. The van der Waals surface area contributed by atoms with Crippen molar-refractivity contribution in [1.82, 2.24) is 15.0 Å². The lowest BCUT2D eigenvalue weighted by atomic mass is 10.2. The fourth-order valence-electron chi connectivity index (χ4n) is 1.30. The number of aldehydes is 1. The van der Waals surface area contributed by atoms with E-state index in [1.54, 1.807) is 0 Å². The molecule has 0 aliphatic carbocycles. The lowest BCUT2D eigenvalue weighted by molar-refractivity contribution is -0.133. The monoisotopic (exact) mass is 431 g/mol. The molecule has 0 N–H and O–H groups in total. The smallest absolute Gasteiger partial charge is 0.402 e. The highest BCUT2D eigenvalue weighted by molar-refractivity contribution is 14.1. The molecule has 1 aromatic carbocycles. The Hall–Kier alpha value is -1.36. The van der Waals surface area contributed by atoms with Gasteiger partial charge in [-0.2, -0.15) is 13.5 Å². The van der Waals surface area contributed by atoms with Crippen molar-refractivity contribution in [1.29, 1.82) is 0 Å². The molecule has 0 saturated carbocycles. The first-order valence-electron chi connectivity index (χ1n) is 5.34. The Morgan fingerprint density at radius 1 is 1.29 bits per heavy atom. The molecule has 0 aliphatic rings. The number of hydrogen-bond acceptors (Lipinski definition) is 4. The van der Waals surface area contributed by atoms with Gasteiger partial charge in [0, 0.05) is 5.56 Å². The number of hydrogen-bond donors (Lipinski definition) is 0. The summed E-state index contributed by atoms with van der Waals surface area (Å²) in [6, 6.07) is 1.72. The quantitative estimate of drug-likeness (QED) is 0.411. The van der Waals surface area contributed by atoms with Gasteiger partial charge in [0.1, 0.15) is 12.0 Å². The van der Waals surface area contributed by atoms with E-state index in [1.165, 1.54) is 24.3 Å². The number of alkyl halides is 5. The highest BCUT2D eigenvalue weighted by Crippen LogP contribution is 2.45. The summed E-state index contributed by atoms with van der Waals surface area (Å²) in [5, 5.41) is 6.44. The first-order valence-corrected chi connectivity index (χ1v) is 6.80. The van der Waals surface area contributed by atoms with Crippen LogP contribution in [-0.4, -0.2) is 24.4 Å². The summed E-state index contributed by atoms with van der Waals surface area (Å²) < 4.78 is 42.1. The van der Waals surface area contributed by atoms with Gasteiger partial charge in [-0.1, -0.05) is 21.9 Å². The molecule has 0 unspecified atom stereocenters. The van der Waals surface area contributed by atoms with E-state index in [-0.39, 0.29) is 16.3 Å². The highest BCUT2D eigenvalue weighted by atomic mass is 127. The van der Waals surface area contributed by atoms with Gasteiger partial charge in [-0.3, -0.25) is 4.79 Å². The molecule has 0 fully saturated rings. The molecule has 0 bridgehead atoms. The molecule has 0 aliphatic heterocycles. The molecule has 0 saturated heterocycles. The van der Waals surface area contributed by atoms with Crippen LogP contribution in [0.2, 0.25) is 0 Å². The number of benzene rings is 1. The zero-order valence-electron chi connectivity index (χ0n) is 10.0. The maximum absolute atomic E-state index is 13.6. The van der Waals surface area contributed by atoms with E-state index in [1.807, 2.05) is 0 Å². The van der Waals surface area contributed by atoms with Crippen LogP contribution in [-0.2, 0) is 6.05 Å². The van der Waals surface area contributed by atoms with Crippen molar-refractivity contribution >= 4 is 40.5 Å². The zero-order chi connectivity index (χ0) is 15.7. The highest BCUT2D eigenvalue weighted by Gasteiger charge is 2.55. The third-order valence-corrected chi connectivity index (χ3v) is 3.22. The normalized spacial score (nSPS) is 14.5. The SMILES string of the molecule is O=Cc1ccc(Oc2cn(C(F)(F)[C@](F)(Cl)I)nn2)cc1. The largest absolute Gasteiger partial charge is 0.436 e. The van der Waals surface area contributed by atoms with Crippen LogP contribution in [0.15, 0.2) is 30.5 Å². The van der Waals surface area contributed by atoms with Crippen molar-refractivity contribution in [3.8, 4) is 11.6 Å². The molecule has 112 valence electrons. The van der Waals surface area contributed by atoms with Crippen molar-refractivity contribution < 1.29 is 22.7 Å². The van der Waals surface area contributed by atoms with E-state index < -0.39 is 9.18 Å². The molecule has 0 spiro atoms.